The normalized spacial score (nSPS) is 10.8. The van der Waals surface area contributed by atoms with Gasteiger partial charge in [-0.2, -0.15) is 0 Å². The van der Waals surface area contributed by atoms with Crippen LogP contribution in [-0.2, 0) is 7.05 Å². The molecule has 0 saturated heterocycles. The Morgan fingerprint density at radius 3 is 2.50 bits per heavy atom. The van der Waals surface area contributed by atoms with E-state index in [0.29, 0.717) is 21.5 Å². The molecule has 0 aliphatic rings. The maximum atomic E-state index is 12.7. The van der Waals surface area contributed by atoms with Crippen LogP contribution in [0.3, 0.4) is 0 Å². The number of nitrogens with zero attached hydrogens (tertiary/aromatic N) is 1. The van der Waals surface area contributed by atoms with E-state index in [-0.39, 0.29) is 5.56 Å². The van der Waals surface area contributed by atoms with Crippen molar-refractivity contribution >= 4 is 34.0 Å². The number of carbonyl (C=O) groups is 1. The number of benzene rings is 2. The summed E-state index contributed by atoms with van der Waals surface area (Å²) in [6.45, 7) is 1.80. The van der Waals surface area contributed by atoms with Crippen LogP contribution in [0.2, 0.25) is 5.02 Å². The summed E-state index contributed by atoms with van der Waals surface area (Å²) in [6.07, 6.45) is 0. The summed E-state index contributed by atoms with van der Waals surface area (Å²) in [5, 5.41) is 16.4. The number of carbonyl (C=O) groups excluding carboxylic acids is 1. The molecule has 0 unspecified atom stereocenters. The minimum absolute atomic E-state index is 0.0537. The topological polar surface area (TPSA) is 74.2 Å². The van der Waals surface area contributed by atoms with Crippen LogP contribution in [0, 0.1) is 6.92 Å². The van der Waals surface area contributed by atoms with Crippen molar-refractivity contribution in [3.63, 3.8) is 0 Å². The summed E-state index contributed by atoms with van der Waals surface area (Å²) in [6, 6.07) is 11.6. The Morgan fingerprint density at radius 2 is 1.83 bits per heavy atom. The van der Waals surface area contributed by atoms with Crippen molar-refractivity contribution in [3.05, 3.63) is 69.0 Å². The molecule has 0 aliphatic heterocycles. The molecule has 0 atom stereocenters. The van der Waals surface area contributed by atoms with E-state index >= 15 is 0 Å². The first kappa shape index (κ1) is 16.1. The lowest BCUT2D eigenvalue weighted by Gasteiger charge is -2.20. The number of fused-ring (bicyclic) bond motifs is 1. The second-order valence-electron chi connectivity index (χ2n) is 5.50. The van der Waals surface area contributed by atoms with Crippen molar-refractivity contribution < 1.29 is 9.90 Å². The van der Waals surface area contributed by atoms with Crippen LogP contribution in [0.1, 0.15) is 15.9 Å². The number of halogens is 1. The number of rotatable bonds is 2. The minimum Gasteiger partial charge on any atom is -0.859 e. The lowest BCUT2D eigenvalue weighted by Crippen LogP contribution is -2.26. The predicted molar refractivity (Wildman–Crippen MR) is 92.8 cm³/mol. The van der Waals surface area contributed by atoms with Gasteiger partial charge in [-0.25, -0.2) is 0 Å². The molecule has 1 heterocycles. The zero-order chi connectivity index (χ0) is 17.4. The number of hydrogen-bond acceptors (Lipinski definition) is 3. The number of nitrogens with one attached hydrogen (secondary N) is 1. The standard InChI is InChI=1S/C18H15ClN2O3/c1-10-9-11(19)7-8-14(10)20-16(22)15-12-5-3-4-6-13(12)17(23)21(2)18(15)24/h3-9,24H,1-2H3,(H,20,22)/p-1. The van der Waals surface area contributed by atoms with E-state index < -0.39 is 17.3 Å². The van der Waals surface area contributed by atoms with Gasteiger partial charge in [-0.3, -0.25) is 9.59 Å². The Morgan fingerprint density at radius 1 is 1.17 bits per heavy atom. The van der Waals surface area contributed by atoms with Gasteiger partial charge in [-0.15, -0.1) is 0 Å². The highest BCUT2D eigenvalue weighted by molar-refractivity contribution is 6.30. The quantitative estimate of drug-likeness (QED) is 0.778. The zero-order valence-electron chi connectivity index (χ0n) is 13.1. The van der Waals surface area contributed by atoms with Gasteiger partial charge in [0.15, 0.2) is 0 Å². The first-order valence-electron chi connectivity index (χ1n) is 7.26. The Balaban J connectivity index is 2.15. The average molecular weight is 342 g/mol. The molecule has 1 aromatic heterocycles. The monoisotopic (exact) mass is 341 g/mol. The fourth-order valence-corrected chi connectivity index (χ4v) is 2.84. The van der Waals surface area contributed by atoms with Gasteiger partial charge in [0.05, 0.1) is 5.56 Å². The molecule has 0 aliphatic carbocycles. The second kappa shape index (κ2) is 6.02. The first-order chi connectivity index (χ1) is 11.4. The largest absolute Gasteiger partial charge is 0.859 e. The molecule has 6 heteroatoms. The zero-order valence-corrected chi connectivity index (χ0v) is 13.8. The molecule has 122 valence electrons. The summed E-state index contributed by atoms with van der Waals surface area (Å²) >= 11 is 5.91. The molecule has 1 amide bonds. The fraction of sp³-hybridized carbons (Fsp3) is 0.111. The second-order valence-corrected chi connectivity index (χ2v) is 5.94. The number of aromatic nitrogens is 1. The third-order valence-corrected chi connectivity index (χ3v) is 4.15. The Hall–Kier alpha value is -2.79. The molecule has 5 nitrogen and oxygen atoms in total. The highest BCUT2D eigenvalue weighted by Gasteiger charge is 2.16. The van der Waals surface area contributed by atoms with E-state index in [2.05, 4.69) is 5.32 Å². The van der Waals surface area contributed by atoms with Crippen molar-refractivity contribution in [1.82, 2.24) is 4.57 Å². The van der Waals surface area contributed by atoms with Crippen molar-refractivity contribution in [1.29, 1.82) is 0 Å². The molecule has 0 spiro atoms. The van der Waals surface area contributed by atoms with E-state index in [1.54, 1.807) is 49.4 Å². The molecule has 0 radical (unpaired) electrons. The molecule has 1 N–H and O–H groups in total. The highest BCUT2D eigenvalue weighted by atomic mass is 35.5. The molecular weight excluding hydrogens is 328 g/mol. The number of aryl methyl sites for hydroxylation is 1. The Labute approximate surface area is 143 Å². The SMILES string of the molecule is Cc1cc(Cl)ccc1NC(=O)c1c([O-])n(C)c(=O)c2ccccc12. The van der Waals surface area contributed by atoms with E-state index in [1.165, 1.54) is 7.05 Å². The number of pyridine rings is 1. The van der Waals surface area contributed by atoms with Gasteiger partial charge in [0.25, 0.3) is 11.5 Å². The van der Waals surface area contributed by atoms with Crippen molar-refractivity contribution in [2.75, 3.05) is 5.32 Å². The lowest BCUT2D eigenvalue weighted by atomic mass is 10.1. The van der Waals surface area contributed by atoms with Gasteiger partial charge in [-0.1, -0.05) is 29.8 Å². The van der Waals surface area contributed by atoms with Crippen LogP contribution in [0.5, 0.6) is 5.88 Å². The van der Waals surface area contributed by atoms with Gasteiger partial charge in [0.2, 0.25) is 0 Å². The van der Waals surface area contributed by atoms with Gasteiger partial charge < -0.3 is 15.0 Å². The minimum atomic E-state index is -0.622. The van der Waals surface area contributed by atoms with Gasteiger partial charge in [0.1, 0.15) is 0 Å². The van der Waals surface area contributed by atoms with Crippen molar-refractivity contribution in [2.45, 2.75) is 6.92 Å². The third kappa shape index (κ3) is 2.63. The van der Waals surface area contributed by atoms with Gasteiger partial charge in [0, 0.05) is 28.5 Å². The number of anilines is 1. The van der Waals surface area contributed by atoms with Crippen LogP contribution in [0.15, 0.2) is 47.3 Å². The summed E-state index contributed by atoms with van der Waals surface area (Å²) in [4.78, 5) is 24.9. The van der Waals surface area contributed by atoms with E-state index in [9.17, 15) is 14.7 Å². The predicted octanol–water partition coefficient (Wildman–Crippen LogP) is 2.83. The lowest BCUT2D eigenvalue weighted by molar-refractivity contribution is -0.279. The Bertz CT molecular complexity index is 1020. The fourth-order valence-electron chi connectivity index (χ4n) is 2.62. The molecular formula is C18H14ClN2O3-. The molecule has 0 fully saturated rings. The molecule has 0 bridgehead atoms. The highest BCUT2D eigenvalue weighted by Crippen LogP contribution is 2.25. The van der Waals surface area contributed by atoms with Gasteiger partial charge in [-0.05, 0) is 42.6 Å². The van der Waals surface area contributed by atoms with Crippen LogP contribution in [0.4, 0.5) is 5.69 Å². The van der Waals surface area contributed by atoms with Crippen LogP contribution >= 0.6 is 11.6 Å². The van der Waals surface area contributed by atoms with E-state index in [4.69, 9.17) is 11.6 Å². The van der Waals surface area contributed by atoms with E-state index in [0.717, 1.165) is 10.1 Å². The molecule has 3 rings (SSSR count). The average Bonchev–Trinajstić information content (AvgIpc) is 2.55. The van der Waals surface area contributed by atoms with Crippen molar-refractivity contribution in [3.8, 4) is 5.88 Å². The van der Waals surface area contributed by atoms with Crippen LogP contribution < -0.4 is 16.0 Å². The van der Waals surface area contributed by atoms with Crippen LogP contribution in [0.25, 0.3) is 10.8 Å². The summed E-state index contributed by atoms with van der Waals surface area (Å²) in [7, 11) is 1.36. The Kier molecular flexibility index (Phi) is 4.03. The van der Waals surface area contributed by atoms with Crippen LogP contribution in [-0.4, -0.2) is 10.5 Å². The first-order valence-corrected chi connectivity index (χ1v) is 7.64. The van der Waals surface area contributed by atoms with E-state index in [1.807, 2.05) is 0 Å². The summed E-state index contributed by atoms with van der Waals surface area (Å²) < 4.78 is 0.950. The third-order valence-electron chi connectivity index (χ3n) is 3.91. The molecule has 2 aromatic carbocycles. The molecule has 24 heavy (non-hydrogen) atoms. The molecule has 0 saturated carbocycles. The maximum Gasteiger partial charge on any atom is 0.257 e. The number of hydrogen-bond donors (Lipinski definition) is 1. The summed E-state index contributed by atoms with van der Waals surface area (Å²) in [5.74, 6) is -1.18. The van der Waals surface area contributed by atoms with Crippen molar-refractivity contribution in [2.24, 2.45) is 7.05 Å². The van der Waals surface area contributed by atoms with Gasteiger partial charge >= 0.3 is 0 Å². The summed E-state index contributed by atoms with van der Waals surface area (Å²) in [5.41, 5.74) is 0.857. The number of amides is 1. The molecule has 3 aromatic rings. The maximum absolute atomic E-state index is 12.7. The smallest absolute Gasteiger partial charge is 0.257 e.